The van der Waals surface area contributed by atoms with E-state index in [1.54, 1.807) is 4.90 Å². The second kappa shape index (κ2) is 6.24. The van der Waals surface area contributed by atoms with E-state index >= 15 is 0 Å². The lowest BCUT2D eigenvalue weighted by atomic mass is 10.1. The van der Waals surface area contributed by atoms with Crippen molar-refractivity contribution < 1.29 is 9.59 Å². The number of amides is 2. The fraction of sp³-hybridized carbons (Fsp3) is 0.263. The number of benzene rings is 2. The molecule has 23 heavy (non-hydrogen) atoms. The van der Waals surface area contributed by atoms with Crippen LogP contribution in [-0.4, -0.2) is 18.4 Å². The lowest BCUT2D eigenvalue weighted by molar-refractivity contribution is -0.129. The van der Waals surface area contributed by atoms with Crippen LogP contribution in [0.15, 0.2) is 48.5 Å². The minimum atomic E-state index is -0.616. The van der Waals surface area contributed by atoms with Crippen molar-refractivity contribution in [1.82, 2.24) is 0 Å². The topological polar surface area (TPSA) is 49.4 Å². The number of anilines is 2. The van der Waals surface area contributed by atoms with Gasteiger partial charge in [-0.25, -0.2) is 0 Å². The third-order valence-corrected chi connectivity index (χ3v) is 4.24. The predicted octanol–water partition coefficient (Wildman–Crippen LogP) is 3.30. The fourth-order valence-corrected chi connectivity index (χ4v) is 2.88. The van der Waals surface area contributed by atoms with Crippen LogP contribution in [0.4, 0.5) is 11.4 Å². The molecule has 0 unspecified atom stereocenters. The van der Waals surface area contributed by atoms with Crippen molar-refractivity contribution in [1.29, 1.82) is 0 Å². The lowest BCUT2D eigenvalue weighted by Crippen LogP contribution is -2.33. The minimum Gasteiger partial charge on any atom is -0.325 e. The van der Waals surface area contributed by atoms with E-state index in [-0.39, 0.29) is 11.8 Å². The van der Waals surface area contributed by atoms with E-state index in [1.165, 1.54) is 0 Å². The van der Waals surface area contributed by atoms with Gasteiger partial charge in [0.2, 0.25) is 11.8 Å². The number of hydrogen-bond acceptors (Lipinski definition) is 2. The highest BCUT2D eigenvalue weighted by Gasteiger charge is 2.37. The highest BCUT2D eigenvalue weighted by Crippen LogP contribution is 2.26. The molecule has 0 aliphatic carbocycles. The van der Waals surface area contributed by atoms with E-state index < -0.39 is 5.92 Å². The Labute approximate surface area is 136 Å². The standard InChI is InChI=1S/C19H20N2O2/c1-13-8-9-14(2)17(12-13)20-18(22)16-10-11-21(19(16)23)15-6-4-3-5-7-15/h3-9,12,16H,10-11H2,1-2H3,(H,20,22)/t16-/m0/s1. The Bertz CT molecular complexity index is 740. The number of nitrogens with one attached hydrogen (secondary N) is 1. The monoisotopic (exact) mass is 308 g/mol. The van der Waals surface area contributed by atoms with Crippen LogP contribution in [0.5, 0.6) is 0 Å². The number of para-hydroxylation sites is 1. The molecule has 0 bridgehead atoms. The Morgan fingerprint density at radius 3 is 2.61 bits per heavy atom. The summed E-state index contributed by atoms with van der Waals surface area (Å²) in [7, 11) is 0. The van der Waals surface area contributed by atoms with Gasteiger partial charge in [-0.15, -0.1) is 0 Å². The van der Waals surface area contributed by atoms with Crippen molar-refractivity contribution in [3.05, 3.63) is 59.7 Å². The molecule has 3 rings (SSSR count). The minimum absolute atomic E-state index is 0.126. The zero-order valence-electron chi connectivity index (χ0n) is 13.4. The molecular formula is C19H20N2O2. The van der Waals surface area contributed by atoms with E-state index in [2.05, 4.69) is 5.32 Å². The molecule has 0 saturated carbocycles. The van der Waals surface area contributed by atoms with Gasteiger partial charge in [-0.2, -0.15) is 0 Å². The smallest absolute Gasteiger partial charge is 0.239 e. The molecule has 2 amide bonds. The van der Waals surface area contributed by atoms with Gasteiger partial charge in [0, 0.05) is 17.9 Å². The molecule has 2 aromatic rings. The van der Waals surface area contributed by atoms with Crippen molar-refractivity contribution in [3.8, 4) is 0 Å². The molecule has 4 nitrogen and oxygen atoms in total. The summed E-state index contributed by atoms with van der Waals surface area (Å²) >= 11 is 0. The number of hydrogen-bond donors (Lipinski definition) is 1. The Balaban J connectivity index is 1.74. The number of rotatable bonds is 3. The number of nitrogens with zero attached hydrogens (tertiary/aromatic N) is 1. The summed E-state index contributed by atoms with van der Waals surface area (Å²) in [6, 6.07) is 15.4. The maximum atomic E-state index is 12.6. The summed E-state index contributed by atoms with van der Waals surface area (Å²) in [6.45, 7) is 4.50. The first-order chi connectivity index (χ1) is 11.1. The first-order valence-electron chi connectivity index (χ1n) is 7.81. The average Bonchev–Trinajstić information content (AvgIpc) is 2.93. The van der Waals surface area contributed by atoms with Gasteiger partial charge in [-0.05, 0) is 49.6 Å². The van der Waals surface area contributed by atoms with Crippen LogP contribution in [0.3, 0.4) is 0 Å². The molecule has 1 N–H and O–H groups in total. The zero-order valence-corrected chi connectivity index (χ0v) is 13.4. The molecular weight excluding hydrogens is 288 g/mol. The first-order valence-corrected chi connectivity index (χ1v) is 7.81. The van der Waals surface area contributed by atoms with Crippen LogP contribution in [0, 0.1) is 19.8 Å². The van der Waals surface area contributed by atoms with Crippen molar-refractivity contribution in [2.24, 2.45) is 5.92 Å². The molecule has 4 heteroatoms. The Kier molecular flexibility index (Phi) is 4.15. The molecule has 1 aliphatic rings. The van der Waals surface area contributed by atoms with Gasteiger partial charge < -0.3 is 10.2 Å². The van der Waals surface area contributed by atoms with Gasteiger partial charge in [0.05, 0.1) is 0 Å². The van der Waals surface area contributed by atoms with Crippen molar-refractivity contribution >= 4 is 23.2 Å². The summed E-state index contributed by atoms with van der Waals surface area (Å²) in [5.74, 6) is -0.962. The lowest BCUT2D eigenvalue weighted by Gasteiger charge is -2.17. The predicted molar refractivity (Wildman–Crippen MR) is 91.4 cm³/mol. The molecule has 2 aromatic carbocycles. The van der Waals surface area contributed by atoms with Crippen molar-refractivity contribution in [3.63, 3.8) is 0 Å². The third-order valence-electron chi connectivity index (χ3n) is 4.24. The second-order valence-corrected chi connectivity index (χ2v) is 5.97. The van der Waals surface area contributed by atoms with E-state index in [0.717, 1.165) is 22.5 Å². The van der Waals surface area contributed by atoms with Gasteiger partial charge in [-0.1, -0.05) is 30.3 Å². The summed E-state index contributed by atoms with van der Waals surface area (Å²) in [6.07, 6.45) is 0.546. The van der Waals surface area contributed by atoms with E-state index in [1.807, 2.05) is 62.4 Å². The Morgan fingerprint density at radius 1 is 1.13 bits per heavy atom. The van der Waals surface area contributed by atoms with Crippen LogP contribution in [0.1, 0.15) is 17.5 Å². The van der Waals surface area contributed by atoms with Crippen molar-refractivity contribution in [2.75, 3.05) is 16.8 Å². The summed E-state index contributed by atoms with van der Waals surface area (Å²) in [5.41, 5.74) is 3.70. The number of carbonyl (C=O) groups excluding carboxylic acids is 2. The van der Waals surface area contributed by atoms with Crippen LogP contribution >= 0.6 is 0 Å². The maximum absolute atomic E-state index is 12.6. The highest BCUT2D eigenvalue weighted by molar-refractivity contribution is 6.13. The Hall–Kier alpha value is -2.62. The van der Waals surface area contributed by atoms with Gasteiger partial charge in [0.25, 0.3) is 0 Å². The number of carbonyl (C=O) groups is 2. The fourth-order valence-electron chi connectivity index (χ4n) is 2.88. The van der Waals surface area contributed by atoms with Crippen LogP contribution in [0.25, 0.3) is 0 Å². The van der Waals surface area contributed by atoms with Gasteiger partial charge in [-0.3, -0.25) is 9.59 Å². The van der Waals surface area contributed by atoms with Crippen LogP contribution in [-0.2, 0) is 9.59 Å². The molecule has 1 heterocycles. The molecule has 0 radical (unpaired) electrons. The van der Waals surface area contributed by atoms with Crippen molar-refractivity contribution in [2.45, 2.75) is 20.3 Å². The molecule has 1 atom stereocenters. The summed E-state index contributed by atoms with van der Waals surface area (Å²) < 4.78 is 0. The molecule has 118 valence electrons. The largest absolute Gasteiger partial charge is 0.325 e. The van der Waals surface area contributed by atoms with Gasteiger partial charge >= 0.3 is 0 Å². The normalized spacial score (nSPS) is 17.4. The van der Waals surface area contributed by atoms with Crippen LogP contribution < -0.4 is 10.2 Å². The number of aryl methyl sites for hydroxylation is 2. The third kappa shape index (κ3) is 3.11. The first kappa shape index (κ1) is 15.3. The maximum Gasteiger partial charge on any atom is 0.239 e. The van der Waals surface area contributed by atoms with E-state index in [4.69, 9.17) is 0 Å². The average molecular weight is 308 g/mol. The van der Waals surface area contributed by atoms with Gasteiger partial charge in [0.1, 0.15) is 5.92 Å². The summed E-state index contributed by atoms with van der Waals surface area (Å²) in [5, 5.41) is 2.91. The quantitative estimate of drug-likeness (QED) is 0.885. The highest BCUT2D eigenvalue weighted by atomic mass is 16.2. The van der Waals surface area contributed by atoms with Gasteiger partial charge in [0.15, 0.2) is 0 Å². The van der Waals surface area contributed by atoms with E-state index in [0.29, 0.717) is 13.0 Å². The molecule has 0 spiro atoms. The van der Waals surface area contributed by atoms with Crippen LogP contribution in [0.2, 0.25) is 0 Å². The Morgan fingerprint density at radius 2 is 1.87 bits per heavy atom. The zero-order chi connectivity index (χ0) is 16.4. The molecule has 1 saturated heterocycles. The molecule has 0 aromatic heterocycles. The SMILES string of the molecule is Cc1ccc(C)c(NC(=O)[C@@H]2CCN(c3ccccc3)C2=O)c1. The second-order valence-electron chi connectivity index (χ2n) is 5.97. The summed E-state index contributed by atoms with van der Waals surface area (Å²) in [4.78, 5) is 26.7. The molecule has 1 aliphatic heterocycles. The van der Waals surface area contributed by atoms with E-state index in [9.17, 15) is 9.59 Å². The molecule has 1 fully saturated rings.